The zero-order valence-electron chi connectivity index (χ0n) is 9.55. The molecule has 2 nitrogen and oxygen atoms in total. The number of nitrogens with one attached hydrogen (secondary N) is 1. The molecule has 0 spiro atoms. The van der Waals surface area contributed by atoms with Crippen LogP contribution in [0.2, 0.25) is 0 Å². The van der Waals surface area contributed by atoms with Crippen LogP contribution in [0.15, 0.2) is 18.2 Å². The third kappa shape index (κ3) is 3.30. The van der Waals surface area contributed by atoms with Crippen molar-refractivity contribution in [2.45, 2.75) is 25.6 Å². The Balaban J connectivity index is 2.77. The monoisotopic (exact) mass is 287 g/mol. The Bertz CT molecular complexity index is 393. The Labute approximate surface area is 103 Å². The minimum absolute atomic E-state index is 0.107. The van der Waals surface area contributed by atoms with Crippen molar-refractivity contribution in [1.82, 2.24) is 0 Å². The van der Waals surface area contributed by atoms with Gasteiger partial charge in [0.2, 0.25) is 5.91 Å². The number of anilines is 1. The Morgan fingerprint density at radius 3 is 2.56 bits per heavy atom. The van der Waals surface area contributed by atoms with Crippen molar-refractivity contribution in [2.24, 2.45) is 5.92 Å². The van der Waals surface area contributed by atoms with Gasteiger partial charge in [-0.3, -0.25) is 4.79 Å². The molecule has 4 heteroatoms. The van der Waals surface area contributed by atoms with Crippen LogP contribution in [0.3, 0.4) is 0 Å². The van der Waals surface area contributed by atoms with Gasteiger partial charge in [0.05, 0.1) is 4.83 Å². The van der Waals surface area contributed by atoms with Crippen molar-refractivity contribution in [3.8, 4) is 0 Å². The molecule has 0 aliphatic rings. The molecular formula is C12H15BrFNO. The van der Waals surface area contributed by atoms with Gasteiger partial charge in [-0.25, -0.2) is 4.39 Å². The Morgan fingerprint density at radius 1 is 1.44 bits per heavy atom. The lowest BCUT2D eigenvalue weighted by Gasteiger charge is -2.15. The minimum Gasteiger partial charge on any atom is -0.325 e. The van der Waals surface area contributed by atoms with Crippen LogP contribution >= 0.6 is 15.9 Å². The first-order chi connectivity index (χ1) is 7.41. The molecule has 1 N–H and O–H groups in total. The lowest BCUT2D eigenvalue weighted by Crippen LogP contribution is -2.27. The fourth-order valence-electron chi connectivity index (χ4n) is 1.27. The van der Waals surface area contributed by atoms with Gasteiger partial charge in [-0.1, -0.05) is 29.8 Å². The molecule has 0 saturated carbocycles. The molecule has 0 radical (unpaired) electrons. The van der Waals surface area contributed by atoms with E-state index in [1.165, 1.54) is 12.1 Å². The normalized spacial score (nSPS) is 12.6. The summed E-state index contributed by atoms with van der Waals surface area (Å²) in [5.74, 6) is -0.194. The van der Waals surface area contributed by atoms with Crippen molar-refractivity contribution >= 4 is 27.5 Å². The van der Waals surface area contributed by atoms with Crippen molar-refractivity contribution < 1.29 is 9.18 Å². The van der Waals surface area contributed by atoms with Crippen LogP contribution in [0.4, 0.5) is 10.1 Å². The number of rotatable bonds is 3. The average Bonchev–Trinajstić information content (AvgIpc) is 2.20. The summed E-state index contributed by atoms with van der Waals surface area (Å²) in [5, 5.41) is 2.77. The number of alkyl halides is 1. The molecule has 1 amide bonds. The second-order valence-corrected chi connectivity index (χ2v) is 5.08. The predicted molar refractivity (Wildman–Crippen MR) is 67.3 cm³/mol. The lowest BCUT2D eigenvalue weighted by molar-refractivity contribution is -0.116. The molecule has 16 heavy (non-hydrogen) atoms. The minimum atomic E-state index is -0.297. The highest BCUT2D eigenvalue weighted by Gasteiger charge is 2.18. The van der Waals surface area contributed by atoms with E-state index in [9.17, 15) is 9.18 Å². The highest BCUT2D eigenvalue weighted by atomic mass is 79.9. The van der Waals surface area contributed by atoms with E-state index in [1.54, 1.807) is 13.0 Å². The quantitative estimate of drug-likeness (QED) is 0.847. The van der Waals surface area contributed by atoms with Crippen molar-refractivity contribution in [3.63, 3.8) is 0 Å². The van der Waals surface area contributed by atoms with Crippen molar-refractivity contribution in [2.75, 3.05) is 5.32 Å². The van der Waals surface area contributed by atoms with Gasteiger partial charge in [-0.2, -0.15) is 0 Å². The maximum absolute atomic E-state index is 12.8. The van der Waals surface area contributed by atoms with Crippen molar-refractivity contribution in [3.05, 3.63) is 29.6 Å². The fraction of sp³-hybridized carbons (Fsp3) is 0.417. The maximum atomic E-state index is 12.8. The number of carbonyl (C=O) groups excluding carboxylic acids is 1. The van der Waals surface area contributed by atoms with Gasteiger partial charge in [0.1, 0.15) is 5.82 Å². The second-order valence-electron chi connectivity index (χ2n) is 4.09. The summed E-state index contributed by atoms with van der Waals surface area (Å²) in [5.41, 5.74) is 1.37. The van der Waals surface area contributed by atoms with E-state index >= 15 is 0 Å². The summed E-state index contributed by atoms with van der Waals surface area (Å²) < 4.78 is 12.8. The molecular weight excluding hydrogens is 273 g/mol. The van der Waals surface area contributed by atoms with E-state index in [1.807, 2.05) is 13.8 Å². The highest BCUT2D eigenvalue weighted by Crippen LogP contribution is 2.19. The molecule has 1 atom stereocenters. The third-order valence-electron chi connectivity index (χ3n) is 2.28. The molecule has 0 aliphatic heterocycles. The summed E-state index contributed by atoms with van der Waals surface area (Å²) in [4.78, 5) is 11.5. The van der Waals surface area contributed by atoms with Gasteiger partial charge in [0, 0.05) is 5.69 Å². The van der Waals surface area contributed by atoms with Gasteiger partial charge in [0.25, 0.3) is 0 Å². The first-order valence-corrected chi connectivity index (χ1v) is 6.04. The van der Waals surface area contributed by atoms with Gasteiger partial charge >= 0.3 is 0 Å². The predicted octanol–water partition coefficient (Wildman–Crippen LogP) is 3.49. The SMILES string of the molecule is Cc1cc(F)ccc1NC(=O)C(Br)C(C)C. The second kappa shape index (κ2) is 5.43. The third-order valence-corrected chi connectivity index (χ3v) is 3.76. The van der Waals surface area contributed by atoms with Crippen LogP contribution in [-0.4, -0.2) is 10.7 Å². The molecule has 1 rings (SSSR count). The zero-order valence-corrected chi connectivity index (χ0v) is 11.1. The van der Waals surface area contributed by atoms with Gasteiger partial charge < -0.3 is 5.32 Å². The number of benzene rings is 1. The largest absolute Gasteiger partial charge is 0.325 e. The molecule has 1 aromatic rings. The van der Waals surface area contributed by atoms with Crippen molar-refractivity contribution in [1.29, 1.82) is 0 Å². The van der Waals surface area contributed by atoms with Crippen LogP contribution < -0.4 is 5.32 Å². The van der Waals surface area contributed by atoms with Gasteiger partial charge in [0.15, 0.2) is 0 Å². The summed E-state index contributed by atoms with van der Waals surface area (Å²) in [6.45, 7) is 5.67. The summed E-state index contributed by atoms with van der Waals surface area (Å²) in [6, 6.07) is 4.30. The summed E-state index contributed by atoms with van der Waals surface area (Å²) in [6.07, 6.45) is 0. The highest BCUT2D eigenvalue weighted by molar-refractivity contribution is 9.10. The Morgan fingerprint density at radius 2 is 2.06 bits per heavy atom. The molecule has 88 valence electrons. The number of amides is 1. The molecule has 0 aliphatic carbocycles. The molecule has 1 unspecified atom stereocenters. The first kappa shape index (κ1) is 13.2. The molecule has 1 aromatic carbocycles. The number of hydrogen-bond donors (Lipinski definition) is 1. The van der Waals surface area contributed by atoms with E-state index in [2.05, 4.69) is 21.2 Å². The number of hydrogen-bond acceptors (Lipinski definition) is 1. The summed E-state index contributed by atoms with van der Waals surface area (Å²) in [7, 11) is 0. The van der Waals surface area contributed by atoms with E-state index in [4.69, 9.17) is 0 Å². The van der Waals surface area contributed by atoms with E-state index in [-0.39, 0.29) is 22.5 Å². The van der Waals surface area contributed by atoms with Gasteiger partial charge in [-0.05, 0) is 36.6 Å². The van der Waals surface area contributed by atoms with Crippen LogP contribution in [0, 0.1) is 18.7 Å². The molecule has 0 aromatic heterocycles. The van der Waals surface area contributed by atoms with E-state index in [0.717, 1.165) is 5.56 Å². The smallest absolute Gasteiger partial charge is 0.238 e. The van der Waals surface area contributed by atoms with Gasteiger partial charge in [-0.15, -0.1) is 0 Å². The van der Waals surface area contributed by atoms with E-state index in [0.29, 0.717) is 5.69 Å². The molecule has 0 bridgehead atoms. The number of halogens is 2. The first-order valence-electron chi connectivity index (χ1n) is 5.13. The van der Waals surface area contributed by atoms with Crippen LogP contribution in [0.5, 0.6) is 0 Å². The maximum Gasteiger partial charge on any atom is 0.238 e. The topological polar surface area (TPSA) is 29.1 Å². The van der Waals surface area contributed by atoms with Crippen LogP contribution in [0.1, 0.15) is 19.4 Å². The van der Waals surface area contributed by atoms with Crippen LogP contribution in [0.25, 0.3) is 0 Å². The van der Waals surface area contributed by atoms with Crippen LogP contribution in [-0.2, 0) is 4.79 Å². The molecule has 0 saturated heterocycles. The average molecular weight is 288 g/mol. The Hall–Kier alpha value is -0.900. The Kier molecular flexibility index (Phi) is 4.47. The number of aryl methyl sites for hydroxylation is 1. The fourth-order valence-corrected chi connectivity index (χ4v) is 1.39. The summed E-state index contributed by atoms with van der Waals surface area (Å²) >= 11 is 3.32. The molecule has 0 heterocycles. The number of carbonyl (C=O) groups is 1. The molecule has 0 fully saturated rings. The van der Waals surface area contributed by atoms with E-state index < -0.39 is 0 Å². The zero-order chi connectivity index (χ0) is 12.3. The standard InChI is InChI=1S/C12H15BrFNO/c1-7(2)11(13)12(16)15-10-5-4-9(14)6-8(10)3/h4-7,11H,1-3H3,(H,15,16). The lowest BCUT2D eigenvalue weighted by atomic mass is 10.1.